The number of hydrogen-bond acceptors (Lipinski definition) is 3. The van der Waals surface area contributed by atoms with Gasteiger partial charge in [-0.15, -0.1) is 5.10 Å². The van der Waals surface area contributed by atoms with Gasteiger partial charge in [-0.25, -0.2) is 9.50 Å². The van der Waals surface area contributed by atoms with Crippen LogP contribution >= 0.6 is 0 Å². The second kappa shape index (κ2) is 4.47. The van der Waals surface area contributed by atoms with Crippen LogP contribution in [0.25, 0.3) is 17.0 Å². The first-order valence-corrected chi connectivity index (χ1v) is 6.15. The number of benzene rings is 1. The van der Waals surface area contributed by atoms with E-state index in [0.29, 0.717) is 5.82 Å². The molecule has 4 nitrogen and oxygen atoms in total. The SMILES string of the molecule is Cc1ccccc1-c1nc2c(N)cc(C(F)(F)F)cn2n1. The molecule has 0 aliphatic carbocycles. The quantitative estimate of drug-likeness (QED) is 0.748. The van der Waals surface area contributed by atoms with Crippen molar-refractivity contribution in [2.75, 3.05) is 5.73 Å². The van der Waals surface area contributed by atoms with Gasteiger partial charge in [-0.2, -0.15) is 13.2 Å². The van der Waals surface area contributed by atoms with Gasteiger partial charge in [0.05, 0.1) is 11.3 Å². The van der Waals surface area contributed by atoms with Gasteiger partial charge in [-0.05, 0) is 18.6 Å². The predicted molar refractivity (Wildman–Crippen MR) is 72.6 cm³/mol. The zero-order valence-corrected chi connectivity index (χ0v) is 11.0. The molecule has 0 radical (unpaired) electrons. The number of nitrogen functional groups attached to an aromatic ring is 1. The number of anilines is 1. The topological polar surface area (TPSA) is 56.2 Å². The Morgan fingerprint density at radius 1 is 1.19 bits per heavy atom. The van der Waals surface area contributed by atoms with Crippen molar-refractivity contribution in [1.82, 2.24) is 14.6 Å². The lowest BCUT2D eigenvalue weighted by atomic mass is 10.1. The molecule has 0 aliphatic heterocycles. The van der Waals surface area contributed by atoms with Crippen LogP contribution in [0.15, 0.2) is 36.5 Å². The van der Waals surface area contributed by atoms with Crippen LogP contribution in [0.4, 0.5) is 18.9 Å². The number of alkyl halides is 3. The summed E-state index contributed by atoms with van der Waals surface area (Å²) in [6, 6.07) is 8.24. The molecule has 0 aliphatic rings. The van der Waals surface area contributed by atoms with Gasteiger partial charge in [0.2, 0.25) is 0 Å². The summed E-state index contributed by atoms with van der Waals surface area (Å²) >= 11 is 0. The van der Waals surface area contributed by atoms with Gasteiger partial charge in [-0.3, -0.25) is 0 Å². The van der Waals surface area contributed by atoms with Gasteiger partial charge in [0, 0.05) is 11.8 Å². The molecule has 0 bridgehead atoms. The highest BCUT2D eigenvalue weighted by molar-refractivity contribution is 5.70. The standard InChI is InChI=1S/C14H11F3N4/c1-8-4-2-3-5-10(8)12-19-13-11(18)6-9(14(15,16)17)7-21(13)20-12/h2-7H,18H2,1H3. The lowest BCUT2D eigenvalue weighted by molar-refractivity contribution is -0.137. The first-order valence-electron chi connectivity index (χ1n) is 6.15. The van der Waals surface area contributed by atoms with Gasteiger partial charge in [0.1, 0.15) is 0 Å². The van der Waals surface area contributed by atoms with Crippen LogP contribution in [-0.4, -0.2) is 14.6 Å². The average molecular weight is 292 g/mol. The van der Waals surface area contributed by atoms with E-state index >= 15 is 0 Å². The Labute approximate surface area is 118 Å². The van der Waals surface area contributed by atoms with Crippen molar-refractivity contribution < 1.29 is 13.2 Å². The van der Waals surface area contributed by atoms with Gasteiger partial charge in [0.15, 0.2) is 11.5 Å². The van der Waals surface area contributed by atoms with Crippen molar-refractivity contribution in [1.29, 1.82) is 0 Å². The normalized spacial score (nSPS) is 12.0. The molecule has 108 valence electrons. The highest BCUT2D eigenvalue weighted by Crippen LogP contribution is 2.31. The number of nitrogens with zero attached hydrogens (tertiary/aromatic N) is 3. The third kappa shape index (κ3) is 2.31. The average Bonchev–Trinajstić information content (AvgIpc) is 2.82. The Balaban J connectivity index is 2.21. The van der Waals surface area contributed by atoms with Crippen LogP contribution in [0.1, 0.15) is 11.1 Å². The Bertz CT molecular complexity index is 821. The van der Waals surface area contributed by atoms with Gasteiger partial charge in [0.25, 0.3) is 0 Å². The zero-order chi connectivity index (χ0) is 15.2. The molecule has 3 rings (SSSR count). The Kier molecular flexibility index (Phi) is 2.86. The van der Waals surface area contributed by atoms with E-state index in [-0.39, 0.29) is 11.3 Å². The number of aryl methyl sites for hydroxylation is 1. The van der Waals surface area contributed by atoms with Gasteiger partial charge < -0.3 is 5.73 Å². The summed E-state index contributed by atoms with van der Waals surface area (Å²) in [5.74, 6) is 0.346. The molecule has 0 spiro atoms. The molecule has 2 heterocycles. The second-order valence-electron chi connectivity index (χ2n) is 4.70. The van der Waals surface area contributed by atoms with Crippen molar-refractivity contribution in [3.8, 4) is 11.4 Å². The van der Waals surface area contributed by atoms with E-state index in [2.05, 4.69) is 10.1 Å². The van der Waals surface area contributed by atoms with Crippen molar-refractivity contribution in [3.63, 3.8) is 0 Å². The second-order valence-corrected chi connectivity index (χ2v) is 4.70. The molecule has 0 saturated heterocycles. The summed E-state index contributed by atoms with van der Waals surface area (Å²) in [6.07, 6.45) is -3.59. The molecule has 21 heavy (non-hydrogen) atoms. The largest absolute Gasteiger partial charge is 0.417 e. The van der Waals surface area contributed by atoms with Gasteiger partial charge in [-0.1, -0.05) is 24.3 Å². The van der Waals surface area contributed by atoms with Crippen LogP contribution < -0.4 is 5.73 Å². The third-order valence-corrected chi connectivity index (χ3v) is 3.18. The summed E-state index contributed by atoms with van der Waals surface area (Å²) in [6.45, 7) is 1.88. The van der Waals surface area contributed by atoms with E-state index in [4.69, 9.17) is 5.73 Å². The summed E-state index contributed by atoms with van der Waals surface area (Å²) in [5, 5.41) is 4.10. The van der Waals surface area contributed by atoms with E-state index < -0.39 is 11.7 Å². The van der Waals surface area contributed by atoms with Crippen molar-refractivity contribution in [3.05, 3.63) is 47.7 Å². The molecule has 0 fully saturated rings. The van der Waals surface area contributed by atoms with Crippen LogP contribution in [0.2, 0.25) is 0 Å². The first kappa shape index (κ1) is 13.4. The Morgan fingerprint density at radius 3 is 2.57 bits per heavy atom. The summed E-state index contributed by atoms with van der Waals surface area (Å²) in [5.41, 5.74) is 6.65. The van der Waals surface area contributed by atoms with Crippen LogP contribution in [0, 0.1) is 6.92 Å². The van der Waals surface area contributed by atoms with Crippen molar-refractivity contribution in [2.24, 2.45) is 0 Å². The summed E-state index contributed by atoms with van der Waals surface area (Å²) in [7, 11) is 0. The monoisotopic (exact) mass is 292 g/mol. The molecule has 0 unspecified atom stereocenters. The molecule has 0 atom stereocenters. The zero-order valence-electron chi connectivity index (χ0n) is 11.0. The third-order valence-electron chi connectivity index (χ3n) is 3.18. The number of aromatic nitrogens is 3. The van der Waals surface area contributed by atoms with E-state index in [1.54, 1.807) is 0 Å². The minimum Gasteiger partial charge on any atom is -0.396 e. The van der Waals surface area contributed by atoms with E-state index in [1.165, 1.54) is 0 Å². The number of halogens is 3. The molecule has 1 aromatic carbocycles. The fourth-order valence-electron chi connectivity index (χ4n) is 2.10. The molecule has 2 N–H and O–H groups in total. The first-order chi connectivity index (χ1) is 9.86. The highest BCUT2D eigenvalue weighted by Gasteiger charge is 2.32. The fourth-order valence-corrected chi connectivity index (χ4v) is 2.10. The van der Waals surface area contributed by atoms with Crippen LogP contribution in [0.5, 0.6) is 0 Å². The van der Waals surface area contributed by atoms with Gasteiger partial charge >= 0.3 is 6.18 Å². The maximum absolute atomic E-state index is 12.8. The lowest BCUT2D eigenvalue weighted by Crippen LogP contribution is -2.08. The number of hydrogen-bond donors (Lipinski definition) is 1. The van der Waals surface area contributed by atoms with Crippen LogP contribution in [0.3, 0.4) is 0 Å². The van der Waals surface area contributed by atoms with E-state index in [0.717, 1.165) is 27.9 Å². The fraction of sp³-hybridized carbons (Fsp3) is 0.143. The van der Waals surface area contributed by atoms with E-state index in [1.807, 2.05) is 31.2 Å². The highest BCUT2D eigenvalue weighted by atomic mass is 19.4. The predicted octanol–water partition coefficient (Wildman–Crippen LogP) is 3.31. The number of nitrogens with two attached hydrogens (primary N) is 1. The summed E-state index contributed by atoms with van der Waals surface area (Å²) in [4.78, 5) is 4.23. The minimum atomic E-state index is -4.48. The van der Waals surface area contributed by atoms with Crippen molar-refractivity contribution in [2.45, 2.75) is 13.1 Å². The minimum absolute atomic E-state index is 0.0582. The molecule has 3 aromatic rings. The summed E-state index contributed by atoms with van der Waals surface area (Å²) < 4.78 is 39.4. The number of rotatable bonds is 1. The Morgan fingerprint density at radius 2 is 1.90 bits per heavy atom. The molecule has 2 aromatic heterocycles. The van der Waals surface area contributed by atoms with Crippen LogP contribution in [-0.2, 0) is 6.18 Å². The number of pyridine rings is 1. The maximum Gasteiger partial charge on any atom is 0.417 e. The lowest BCUT2D eigenvalue weighted by Gasteiger charge is -2.07. The maximum atomic E-state index is 12.8. The Hall–Kier alpha value is -2.57. The molecule has 7 heteroatoms. The number of fused-ring (bicyclic) bond motifs is 1. The molecule has 0 saturated carbocycles. The van der Waals surface area contributed by atoms with Crippen molar-refractivity contribution >= 4 is 11.3 Å². The molecular weight excluding hydrogens is 281 g/mol. The van der Waals surface area contributed by atoms with E-state index in [9.17, 15) is 13.2 Å². The molecular formula is C14H11F3N4. The smallest absolute Gasteiger partial charge is 0.396 e. The molecule has 0 amide bonds.